The van der Waals surface area contributed by atoms with Crippen molar-refractivity contribution in [3.63, 3.8) is 0 Å². The molecule has 0 saturated heterocycles. The summed E-state index contributed by atoms with van der Waals surface area (Å²) in [4.78, 5) is 22.8. The molecule has 0 heterocycles. The second kappa shape index (κ2) is 5.79. The standard InChI is InChI=1S/C14H14FN3O3/c15-10-2-3-11(9(6-10)8-16)17-13(21)18-14(4-1-5-14)7-12(19)20/h2-3,6H,1,4-5,7H2,(H,19,20)(H2,17,18,21). The number of anilines is 1. The van der Waals surface area contributed by atoms with Crippen LogP contribution in [0.1, 0.15) is 31.2 Å². The van der Waals surface area contributed by atoms with Crippen LogP contribution in [-0.2, 0) is 4.79 Å². The van der Waals surface area contributed by atoms with E-state index in [1.165, 1.54) is 6.07 Å². The van der Waals surface area contributed by atoms with Gasteiger partial charge in [-0.1, -0.05) is 0 Å². The Kier molecular flexibility index (Phi) is 4.08. The monoisotopic (exact) mass is 291 g/mol. The highest BCUT2D eigenvalue weighted by Gasteiger charge is 2.40. The van der Waals surface area contributed by atoms with E-state index in [1.807, 2.05) is 0 Å². The number of amides is 2. The first-order valence-electron chi connectivity index (χ1n) is 6.45. The number of carbonyl (C=O) groups is 2. The third-order valence-corrected chi connectivity index (χ3v) is 3.53. The van der Waals surface area contributed by atoms with Crippen LogP contribution in [0.15, 0.2) is 18.2 Å². The minimum Gasteiger partial charge on any atom is -0.481 e. The van der Waals surface area contributed by atoms with Crippen molar-refractivity contribution in [1.29, 1.82) is 5.26 Å². The first-order valence-corrected chi connectivity index (χ1v) is 6.45. The summed E-state index contributed by atoms with van der Waals surface area (Å²) in [6, 6.07) is 4.63. The Hall–Kier alpha value is -2.62. The molecule has 0 bridgehead atoms. The Bertz CT molecular complexity index is 620. The van der Waals surface area contributed by atoms with Crippen LogP contribution in [0.25, 0.3) is 0 Å². The first-order chi connectivity index (χ1) is 9.94. The van der Waals surface area contributed by atoms with Gasteiger partial charge in [-0.05, 0) is 37.5 Å². The topological polar surface area (TPSA) is 102 Å². The van der Waals surface area contributed by atoms with Gasteiger partial charge in [-0.2, -0.15) is 5.26 Å². The number of hydrogen-bond acceptors (Lipinski definition) is 3. The van der Waals surface area contributed by atoms with Crippen LogP contribution in [0.4, 0.5) is 14.9 Å². The van der Waals surface area contributed by atoms with E-state index < -0.39 is 23.4 Å². The summed E-state index contributed by atoms with van der Waals surface area (Å²) in [6.07, 6.45) is 1.91. The molecule has 0 unspecified atom stereocenters. The minimum absolute atomic E-state index is 0.00560. The summed E-state index contributed by atoms with van der Waals surface area (Å²) in [6.45, 7) is 0. The molecule has 1 aromatic rings. The van der Waals surface area contributed by atoms with Gasteiger partial charge in [-0.3, -0.25) is 4.79 Å². The quantitative estimate of drug-likeness (QED) is 0.791. The molecule has 0 atom stereocenters. The second-order valence-electron chi connectivity index (χ2n) is 5.09. The average molecular weight is 291 g/mol. The molecule has 2 amide bonds. The van der Waals surface area contributed by atoms with Crippen LogP contribution in [-0.4, -0.2) is 22.6 Å². The zero-order valence-electron chi connectivity index (χ0n) is 11.1. The minimum atomic E-state index is -0.977. The Labute approximate surface area is 120 Å². The lowest BCUT2D eigenvalue weighted by Gasteiger charge is -2.41. The van der Waals surface area contributed by atoms with Crippen LogP contribution in [0.3, 0.4) is 0 Å². The third-order valence-electron chi connectivity index (χ3n) is 3.53. The van der Waals surface area contributed by atoms with Gasteiger partial charge in [0.15, 0.2) is 0 Å². The van der Waals surface area contributed by atoms with Crippen LogP contribution in [0, 0.1) is 17.1 Å². The zero-order valence-corrected chi connectivity index (χ0v) is 11.1. The van der Waals surface area contributed by atoms with Gasteiger partial charge in [0, 0.05) is 0 Å². The molecule has 0 aliphatic heterocycles. The van der Waals surface area contributed by atoms with Gasteiger partial charge in [0.05, 0.1) is 23.2 Å². The smallest absolute Gasteiger partial charge is 0.319 e. The van der Waals surface area contributed by atoms with E-state index in [2.05, 4.69) is 10.6 Å². The SMILES string of the molecule is N#Cc1cc(F)ccc1NC(=O)NC1(CC(=O)O)CCC1. The van der Waals surface area contributed by atoms with Crippen LogP contribution in [0.2, 0.25) is 0 Å². The summed E-state index contributed by atoms with van der Waals surface area (Å²) in [7, 11) is 0. The van der Waals surface area contributed by atoms with E-state index in [0.29, 0.717) is 12.8 Å². The van der Waals surface area contributed by atoms with Gasteiger partial charge >= 0.3 is 12.0 Å². The van der Waals surface area contributed by atoms with E-state index >= 15 is 0 Å². The maximum atomic E-state index is 13.0. The Morgan fingerprint density at radius 3 is 2.67 bits per heavy atom. The predicted octanol–water partition coefficient (Wildman–Crippen LogP) is 2.22. The molecule has 0 aromatic heterocycles. The third kappa shape index (κ3) is 3.48. The van der Waals surface area contributed by atoms with E-state index in [-0.39, 0.29) is 17.7 Å². The van der Waals surface area contributed by atoms with Crippen molar-refractivity contribution >= 4 is 17.7 Å². The molecule has 21 heavy (non-hydrogen) atoms. The molecule has 0 radical (unpaired) electrons. The number of nitriles is 1. The average Bonchev–Trinajstić information content (AvgIpc) is 2.37. The number of halogens is 1. The van der Waals surface area contributed by atoms with Gasteiger partial charge in [0.1, 0.15) is 11.9 Å². The van der Waals surface area contributed by atoms with Crippen LogP contribution < -0.4 is 10.6 Å². The number of aliphatic carboxylic acids is 1. The lowest BCUT2D eigenvalue weighted by Crippen LogP contribution is -2.55. The van der Waals surface area contributed by atoms with Gasteiger partial charge in [-0.25, -0.2) is 9.18 Å². The van der Waals surface area contributed by atoms with Crippen molar-refractivity contribution in [2.45, 2.75) is 31.2 Å². The Morgan fingerprint density at radius 1 is 1.43 bits per heavy atom. The zero-order chi connectivity index (χ0) is 15.5. The molecular formula is C14H14FN3O3. The number of carboxylic acids is 1. The number of benzene rings is 1. The molecule has 0 spiro atoms. The fraction of sp³-hybridized carbons (Fsp3) is 0.357. The van der Waals surface area contributed by atoms with Crippen molar-refractivity contribution in [3.05, 3.63) is 29.6 Å². The number of carboxylic acid groups (broad SMARTS) is 1. The number of nitrogens with zero attached hydrogens (tertiary/aromatic N) is 1. The Balaban J connectivity index is 2.05. The number of rotatable bonds is 4. The van der Waals surface area contributed by atoms with E-state index in [1.54, 1.807) is 6.07 Å². The van der Waals surface area contributed by atoms with Crippen molar-refractivity contribution < 1.29 is 19.1 Å². The number of urea groups is 1. The molecule has 3 N–H and O–H groups in total. The Morgan fingerprint density at radius 2 is 2.14 bits per heavy atom. The van der Waals surface area contributed by atoms with E-state index in [9.17, 15) is 14.0 Å². The molecule has 2 rings (SSSR count). The molecule has 7 heteroatoms. The van der Waals surface area contributed by atoms with Crippen molar-refractivity contribution in [1.82, 2.24) is 5.32 Å². The van der Waals surface area contributed by atoms with Gasteiger partial charge in [-0.15, -0.1) is 0 Å². The molecule has 1 aliphatic carbocycles. The van der Waals surface area contributed by atoms with Crippen molar-refractivity contribution in [2.24, 2.45) is 0 Å². The van der Waals surface area contributed by atoms with Gasteiger partial charge in [0.25, 0.3) is 0 Å². The second-order valence-corrected chi connectivity index (χ2v) is 5.09. The number of hydrogen-bond donors (Lipinski definition) is 3. The fourth-order valence-electron chi connectivity index (χ4n) is 2.35. The predicted molar refractivity (Wildman–Crippen MR) is 72.1 cm³/mol. The molecule has 1 aromatic carbocycles. The highest BCUT2D eigenvalue weighted by Crippen LogP contribution is 2.35. The normalized spacial score (nSPS) is 15.4. The van der Waals surface area contributed by atoms with E-state index in [0.717, 1.165) is 18.6 Å². The maximum absolute atomic E-state index is 13.0. The summed E-state index contributed by atoms with van der Waals surface area (Å²) < 4.78 is 13.0. The van der Waals surface area contributed by atoms with Crippen molar-refractivity contribution in [2.75, 3.05) is 5.32 Å². The number of carbonyl (C=O) groups excluding carboxylic acids is 1. The lowest BCUT2D eigenvalue weighted by molar-refractivity contribution is -0.139. The van der Waals surface area contributed by atoms with Gasteiger partial charge < -0.3 is 15.7 Å². The van der Waals surface area contributed by atoms with Crippen LogP contribution >= 0.6 is 0 Å². The highest BCUT2D eigenvalue weighted by molar-refractivity contribution is 5.91. The van der Waals surface area contributed by atoms with Crippen LogP contribution in [0.5, 0.6) is 0 Å². The fourth-order valence-corrected chi connectivity index (χ4v) is 2.35. The summed E-state index contributed by atoms with van der Waals surface area (Å²) in [5.41, 5.74) is -0.546. The summed E-state index contributed by atoms with van der Waals surface area (Å²) in [5.74, 6) is -1.55. The maximum Gasteiger partial charge on any atom is 0.319 e. The summed E-state index contributed by atoms with van der Waals surface area (Å²) >= 11 is 0. The van der Waals surface area contributed by atoms with E-state index in [4.69, 9.17) is 10.4 Å². The molecule has 6 nitrogen and oxygen atoms in total. The molecular weight excluding hydrogens is 277 g/mol. The summed E-state index contributed by atoms with van der Waals surface area (Å²) in [5, 5.41) is 22.9. The molecule has 1 fully saturated rings. The molecule has 1 aliphatic rings. The molecule has 110 valence electrons. The lowest BCUT2D eigenvalue weighted by atomic mass is 9.74. The van der Waals surface area contributed by atoms with Gasteiger partial charge in [0.2, 0.25) is 0 Å². The highest BCUT2D eigenvalue weighted by atomic mass is 19.1. The van der Waals surface area contributed by atoms with Crippen molar-refractivity contribution in [3.8, 4) is 6.07 Å². The first kappa shape index (κ1) is 14.8. The molecule has 1 saturated carbocycles. The number of nitrogens with one attached hydrogen (secondary N) is 2. The largest absolute Gasteiger partial charge is 0.481 e.